The molecule has 3 rings (SSSR count). The molecule has 0 aliphatic carbocycles. The summed E-state index contributed by atoms with van der Waals surface area (Å²) >= 11 is 6.08. The number of hydrogen-bond donors (Lipinski definition) is 1. The summed E-state index contributed by atoms with van der Waals surface area (Å²) in [5.74, 6) is -1.66. The van der Waals surface area contributed by atoms with Gasteiger partial charge >= 0.3 is 5.97 Å². The maximum absolute atomic E-state index is 12.9. The van der Waals surface area contributed by atoms with Crippen LogP contribution in [0.15, 0.2) is 47.4 Å². The lowest BCUT2D eigenvalue weighted by atomic mass is 10.2. The van der Waals surface area contributed by atoms with E-state index in [1.807, 2.05) is 0 Å². The molecule has 1 aliphatic rings. The smallest absolute Gasteiger partial charge is 0.338 e. The number of nitro groups is 1. The van der Waals surface area contributed by atoms with Crippen LogP contribution in [-0.2, 0) is 24.3 Å². The lowest BCUT2D eigenvalue weighted by Gasteiger charge is -2.26. The predicted octanol–water partition coefficient (Wildman–Crippen LogP) is 2.45. The van der Waals surface area contributed by atoms with Crippen LogP contribution in [0.5, 0.6) is 0 Å². The molecule has 176 valence electrons. The van der Waals surface area contributed by atoms with Crippen LogP contribution >= 0.6 is 11.6 Å². The largest absolute Gasteiger partial charge is 0.449 e. The average molecular weight is 498 g/mol. The molecule has 1 atom stereocenters. The second-order valence-corrected chi connectivity index (χ2v) is 9.32. The van der Waals surface area contributed by atoms with Gasteiger partial charge in [0.15, 0.2) is 6.10 Å². The first kappa shape index (κ1) is 24.6. The van der Waals surface area contributed by atoms with Gasteiger partial charge in [-0.3, -0.25) is 14.9 Å². The summed E-state index contributed by atoms with van der Waals surface area (Å²) in [5, 5.41) is 13.2. The molecule has 1 unspecified atom stereocenters. The molecule has 0 saturated carbocycles. The van der Waals surface area contributed by atoms with Gasteiger partial charge in [-0.1, -0.05) is 17.7 Å². The topological polar surface area (TPSA) is 145 Å². The Morgan fingerprint density at radius 2 is 1.91 bits per heavy atom. The molecule has 2 aromatic rings. The minimum Gasteiger partial charge on any atom is -0.449 e. The first-order chi connectivity index (χ1) is 15.6. The summed E-state index contributed by atoms with van der Waals surface area (Å²) in [6.07, 6.45) is -1.27. The van der Waals surface area contributed by atoms with Gasteiger partial charge in [-0.25, -0.2) is 13.2 Å². The Bertz CT molecular complexity index is 1180. The monoisotopic (exact) mass is 497 g/mol. The molecule has 1 heterocycles. The number of morpholine rings is 1. The number of carbonyl (C=O) groups excluding carboxylic acids is 2. The van der Waals surface area contributed by atoms with Gasteiger partial charge in [0.25, 0.3) is 11.6 Å². The highest BCUT2D eigenvalue weighted by Gasteiger charge is 2.30. The van der Waals surface area contributed by atoms with Crippen LogP contribution in [0, 0.1) is 10.1 Å². The van der Waals surface area contributed by atoms with Crippen LogP contribution in [0.1, 0.15) is 17.3 Å². The van der Waals surface area contributed by atoms with E-state index in [-0.39, 0.29) is 53.2 Å². The third-order valence-corrected chi connectivity index (χ3v) is 7.11. The second kappa shape index (κ2) is 10.3. The molecule has 0 aromatic heterocycles. The van der Waals surface area contributed by atoms with Crippen LogP contribution in [-0.4, -0.2) is 61.9 Å². The lowest BCUT2D eigenvalue weighted by molar-refractivity contribution is -0.384. The van der Waals surface area contributed by atoms with Crippen molar-refractivity contribution in [3.63, 3.8) is 0 Å². The molecule has 1 amide bonds. The van der Waals surface area contributed by atoms with Gasteiger partial charge in [0.2, 0.25) is 10.0 Å². The van der Waals surface area contributed by atoms with Crippen molar-refractivity contribution < 1.29 is 32.4 Å². The second-order valence-electron chi connectivity index (χ2n) is 7.01. The number of carbonyl (C=O) groups is 2. The maximum Gasteiger partial charge on any atom is 0.338 e. The van der Waals surface area contributed by atoms with Crippen LogP contribution < -0.4 is 5.32 Å². The third kappa shape index (κ3) is 5.85. The number of nitrogens with zero attached hydrogens (tertiary/aromatic N) is 2. The van der Waals surface area contributed by atoms with E-state index in [1.54, 1.807) is 0 Å². The number of esters is 1. The number of benzene rings is 2. The van der Waals surface area contributed by atoms with E-state index in [1.165, 1.54) is 41.6 Å². The van der Waals surface area contributed by atoms with Crippen LogP contribution in [0.4, 0.5) is 11.4 Å². The lowest BCUT2D eigenvalue weighted by Crippen LogP contribution is -2.40. The fraction of sp³-hybridized carbons (Fsp3) is 0.300. The standard InChI is InChI=1S/C20H20ClN3O8S/c1-13(19(25)22-15-3-2-4-16(12-15)24(27)28)32-20(26)14-5-6-17(21)18(11-14)33(29,30)23-7-9-31-10-8-23/h2-6,11-13H,7-10H2,1H3,(H,22,25). The van der Waals surface area contributed by atoms with Crippen molar-refractivity contribution in [2.24, 2.45) is 0 Å². The predicted molar refractivity (Wildman–Crippen MR) is 118 cm³/mol. The molecule has 0 bridgehead atoms. The van der Waals surface area contributed by atoms with Gasteiger partial charge in [0, 0.05) is 30.9 Å². The molecule has 13 heteroatoms. The first-order valence-electron chi connectivity index (χ1n) is 9.73. The molecule has 11 nitrogen and oxygen atoms in total. The molecular weight excluding hydrogens is 478 g/mol. The molecular formula is C20H20ClN3O8S. The normalized spacial score (nSPS) is 15.5. The Hall–Kier alpha value is -3.06. The number of nitrogens with one attached hydrogen (secondary N) is 1. The average Bonchev–Trinajstić information content (AvgIpc) is 2.79. The van der Waals surface area contributed by atoms with Gasteiger partial charge in [-0.05, 0) is 31.2 Å². The van der Waals surface area contributed by atoms with Crippen LogP contribution in [0.3, 0.4) is 0 Å². The van der Waals surface area contributed by atoms with Gasteiger partial charge < -0.3 is 14.8 Å². The van der Waals surface area contributed by atoms with Crippen LogP contribution in [0.25, 0.3) is 0 Å². The first-order valence-corrected chi connectivity index (χ1v) is 11.5. The number of anilines is 1. The van der Waals surface area contributed by atoms with E-state index in [0.29, 0.717) is 0 Å². The Morgan fingerprint density at radius 3 is 2.58 bits per heavy atom. The van der Waals surface area contributed by atoms with Crippen molar-refractivity contribution in [3.8, 4) is 0 Å². The van der Waals surface area contributed by atoms with E-state index in [0.717, 1.165) is 12.1 Å². The number of hydrogen-bond acceptors (Lipinski definition) is 8. The molecule has 1 saturated heterocycles. The Kier molecular flexibility index (Phi) is 7.64. The number of ether oxygens (including phenoxy) is 2. The number of sulfonamides is 1. The molecule has 1 fully saturated rings. The van der Waals surface area contributed by atoms with Gasteiger partial charge in [-0.2, -0.15) is 4.31 Å². The Balaban J connectivity index is 1.72. The summed E-state index contributed by atoms with van der Waals surface area (Å²) < 4.78 is 37.3. The summed E-state index contributed by atoms with van der Waals surface area (Å²) in [5.41, 5.74) is -0.170. The molecule has 1 aliphatic heterocycles. The molecule has 1 N–H and O–H groups in total. The van der Waals surface area contributed by atoms with E-state index in [9.17, 15) is 28.1 Å². The summed E-state index contributed by atoms with van der Waals surface area (Å²) in [7, 11) is -3.97. The van der Waals surface area contributed by atoms with E-state index >= 15 is 0 Å². The number of nitro benzene ring substituents is 1. The highest BCUT2D eigenvalue weighted by Crippen LogP contribution is 2.27. The quantitative estimate of drug-likeness (QED) is 0.349. The molecule has 2 aromatic carbocycles. The van der Waals surface area contributed by atoms with E-state index in [4.69, 9.17) is 21.1 Å². The third-order valence-electron chi connectivity index (χ3n) is 4.73. The van der Waals surface area contributed by atoms with Crippen LogP contribution in [0.2, 0.25) is 5.02 Å². The fourth-order valence-corrected chi connectivity index (χ4v) is 4.89. The SMILES string of the molecule is CC(OC(=O)c1ccc(Cl)c(S(=O)(=O)N2CCOCC2)c1)C(=O)Nc1cccc([N+](=O)[O-])c1. The molecule has 0 spiro atoms. The fourth-order valence-electron chi connectivity index (χ4n) is 2.98. The van der Waals surface area contributed by atoms with E-state index < -0.39 is 32.9 Å². The van der Waals surface area contributed by atoms with Crippen molar-refractivity contribution in [1.82, 2.24) is 4.31 Å². The highest BCUT2D eigenvalue weighted by atomic mass is 35.5. The highest BCUT2D eigenvalue weighted by molar-refractivity contribution is 7.89. The van der Waals surface area contributed by atoms with Crippen molar-refractivity contribution in [3.05, 3.63) is 63.2 Å². The zero-order valence-electron chi connectivity index (χ0n) is 17.4. The number of halogens is 1. The van der Waals surface area contributed by atoms with Gasteiger partial charge in [-0.15, -0.1) is 0 Å². The Labute approximate surface area is 194 Å². The van der Waals surface area contributed by atoms with Crippen molar-refractivity contribution in [2.75, 3.05) is 31.6 Å². The molecule has 0 radical (unpaired) electrons. The van der Waals surface area contributed by atoms with Gasteiger partial charge in [0.05, 0.1) is 28.7 Å². The van der Waals surface area contributed by atoms with Crippen molar-refractivity contribution in [2.45, 2.75) is 17.9 Å². The number of non-ortho nitro benzene ring substituents is 1. The number of amides is 1. The van der Waals surface area contributed by atoms with Crippen molar-refractivity contribution >= 4 is 44.9 Å². The number of rotatable bonds is 7. The van der Waals surface area contributed by atoms with Gasteiger partial charge in [0.1, 0.15) is 4.90 Å². The summed E-state index contributed by atoms with van der Waals surface area (Å²) in [4.78, 5) is 34.9. The summed E-state index contributed by atoms with van der Waals surface area (Å²) in [6.45, 7) is 2.11. The van der Waals surface area contributed by atoms with Crippen molar-refractivity contribution in [1.29, 1.82) is 0 Å². The zero-order valence-corrected chi connectivity index (χ0v) is 19.0. The minimum absolute atomic E-state index is 0.0606. The minimum atomic E-state index is -3.97. The summed E-state index contributed by atoms with van der Waals surface area (Å²) in [6, 6.07) is 8.92. The zero-order chi connectivity index (χ0) is 24.2. The Morgan fingerprint density at radius 1 is 1.21 bits per heavy atom. The van der Waals surface area contributed by atoms with E-state index in [2.05, 4.69) is 5.32 Å². The maximum atomic E-state index is 12.9. The molecule has 33 heavy (non-hydrogen) atoms.